The zero-order chi connectivity index (χ0) is 13.0. The Labute approximate surface area is 108 Å². The normalized spacial score (nSPS) is 21.2. The minimum atomic E-state index is -0.399. The Kier molecular flexibility index (Phi) is 4.35. The SMILES string of the molecule is CCC(CC)(OC)c1noc(C2CCCNC2)n1. The topological polar surface area (TPSA) is 60.2 Å². The first-order valence-corrected chi connectivity index (χ1v) is 6.85. The minimum Gasteiger partial charge on any atom is -0.370 e. The van der Waals surface area contributed by atoms with Gasteiger partial charge in [0, 0.05) is 13.7 Å². The predicted octanol–water partition coefficient (Wildman–Crippen LogP) is 2.20. The molecule has 0 bridgehead atoms. The van der Waals surface area contributed by atoms with Gasteiger partial charge in [0.15, 0.2) is 0 Å². The maximum absolute atomic E-state index is 5.62. The highest BCUT2D eigenvalue weighted by atomic mass is 16.5. The zero-order valence-corrected chi connectivity index (χ0v) is 11.5. The van der Waals surface area contributed by atoms with Crippen LogP contribution in [-0.2, 0) is 10.3 Å². The third-order valence-electron chi connectivity index (χ3n) is 4.03. The fraction of sp³-hybridized carbons (Fsp3) is 0.846. The van der Waals surface area contributed by atoms with Crippen molar-refractivity contribution in [2.24, 2.45) is 0 Å². The fourth-order valence-electron chi connectivity index (χ4n) is 2.59. The van der Waals surface area contributed by atoms with Gasteiger partial charge in [0.2, 0.25) is 11.7 Å². The zero-order valence-electron chi connectivity index (χ0n) is 11.5. The van der Waals surface area contributed by atoms with Crippen molar-refractivity contribution in [3.05, 3.63) is 11.7 Å². The van der Waals surface area contributed by atoms with E-state index in [0.29, 0.717) is 11.7 Å². The third-order valence-corrected chi connectivity index (χ3v) is 4.03. The summed E-state index contributed by atoms with van der Waals surface area (Å²) in [7, 11) is 1.71. The van der Waals surface area contributed by atoms with Gasteiger partial charge in [-0.2, -0.15) is 4.98 Å². The van der Waals surface area contributed by atoms with Crippen LogP contribution in [0.2, 0.25) is 0 Å². The Morgan fingerprint density at radius 2 is 2.22 bits per heavy atom. The lowest BCUT2D eigenvalue weighted by molar-refractivity contribution is -0.0306. The van der Waals surface area contributed by atoms with Crippen molar-refractivity contribution in [3.63, 3.8) is 0 Å². The van der Waals surface area contributed by atoms with E-state index in [0.717, 1.165) is 38.2 Å². The molecule has 1 aliphatic heterocycles. The molecule has 1 aromatic rings. The highest BCUT2D eigenvalue weighted by Crippen LogP contribution is 2.31. The highest BCUT2D eigenvalue weighted by molar-refractivity contribution is 5.04. The van der Waals surface area contributed by atoms with Crippen LogP contribution in [0.4, 0.5) is 0 Å². The first kappa shape index (κ1) is 13.5. The van der Waals surface area contributed by atoms with Crippen molar-refractivity contribution in [1.29, 1.82) is 0 Å². The Bertz CT molecular complexity index is 360. The van der Waals surface area contributed by atoms with Gasteiger partial charge in [-0.05, 0) is 32.2 Å². The summed E-state index contributed by atoms with van der Waals surface area (Å²) >= 11 is 0. The molecule has 1 saturated heterocycles. The van der Waals surface area contributed by atoms with Crippen molar-refractivity contribution >= 4 is 0 Å². The number of rotatable bonds is 5. The number of methoxy groups -OCH3 is 1. The van der Waals surface area contributed by atoms with Crippen molar-refractivity contribution in [2.75, 3.05) is 20.2 Å². The molecule has 1 aromatic heterocycles. The summed E-state index contributed by atoms with van der Waals surface area (Å²) < 4.78 is 11.1. The van der Waals surface area contributed by atoms with Crippen LogP contribution in [0, 0.1) is 0 Å². The van der Waals surface area contributed by atoms with E-state index in [4.69, 9.17) is 9.26 Å². The van der Waals surface area contributed by atoms with Gasteiger partial charge in [-0.3, -0.25) is 0 Å². The second kappa shape index (κ2) is 5.80. The van der Waals surface area contributed by atoms with E-state index in [1.165, 1.54) is 6.42 Å². The lowest BCUT2D eigenvalue weighted by Gasteiger charge is -2.26. The number of ether oxygens (including phenoxy) is 1. The molecule has 1 fully saturated rings. The second-order valence-electron chi connectivity index (χ2n) is 4.91. The lowest BCUT2D eigenvalue weighted by atomic mass is 9.96. The Morgan fingerprint density at radius 3 is 2.78 bits per heavy atom. The largest absolute Gasteiger partial charge is 0.370 e. The van der Waals surface area contributed by atoms with Crippen LogP contribution in [0.25, 0.3) is 0 Å². The molecule has 0 radical (unpaired) electrons. The van der Waals surface area contributed by atoms with E-state index in [1.807, 2.05) is 0 Å². The van der Waals surface area contributed by atoms with Crippen molar-refractivity contribution in [3.8, 4) is 0 Å². The van der Waals surface area contributed by atoms with Crippen LogP contribution in [0.3, 0.4) is 0 Å². The number of nitrogens with zero attached hydrogens (tertiary/aromatic N) is 2. The van der Waals surface area contributed by atoms with Crippen LogP contribution >= 0.6 is 0 Å². The van der Waals surface area contributed by atoms with Crippen LogP contribution < -0.4 is 5.32 Å². The van der Waals surface area contributed by atoms with Crippen molar-refractivity contribution in [2.45, 2.75) is 51.0 Å². The fourth-order valence-corrected chi connectivity index (χ4v) is 2.59. The van der Waals surface area contributed by atoms with E-state index >= 15 is 0 Å². The Morgan fingerprint density at radius 1 is 1.44 bits per heavy atom. The lowest BCUT2D eigenvalue weighted by Crippen LogP contribution is -2.30. The molecule has 0 aliphatic carbocycles. The van der Waals surface area contributed by atoms with Gasteiger partial charge < -0.3 is 14.6 Å². The van der Waals surface area contributed by atoms with E-state index in [2.05, 4.69) is 29.3 Å². The molecule has 1 unspecified atom stereocenters. The molecule has 1 aliphatic rings. The maximum atomic E-state index is 5.62. The van der Waals surface area contributed by atoms with Gasteiger partial charge in [0.25, 0.3) is 0 Å². The molecule has 0 aromatic carbocycles. The number of hydrogen-bond donors (Lipinski definition) is 1. The average Bonchev–Trinajstić information content (AvgIpc) is 2.93. The van der Waals surface area contributed by atoms with Gasteiger partial charge in [0.05, 0.1) is 5.92 Å². The van der Waals surface area contributed by atoms with Gasteiger partial charge in [0.1, 0.15) is 5.60 Å². The number of nitrogens with one attached hydrogen (secondary N) is 1. The summed E-state index contributed by atoms with van der Waals surface area (Å²) in [4.78, 5) is 4.58. The van der Waals surface area contributed by atoms with E-state index in [9.17, 15) is 0 Å². The number of hydrogen-bond acceptors (Lipinski definition) is 5. The Balaban J connectivity index is 2.18. The third kappa shape index (κ3) is 2.42. The predicted molar refractivity (Wildman–Crippen MR) is 68.4 cm³/mol. The van der Waals surface area contributed by atoms with Gasteiger partial charge in [-0.15, -0.1) is 0 Å². The molecular weight excluding hydrogens is 230 g/mol. The summed E-state index contributed by atoms with van der Waals surface area (Å²) in [6.07, 6.45) is 3.98. The molecule has 5 nitrogen and oxygen atoms in total. The van der Waals surface area contributed by atoms with Crippen molar-refractivity contribution in [1.82, 2.24) is 15.5 Å². The minimum absolute atomic E-state index is 0.350. The Hall–Kier alpha value is -0.940. The average molecular weight is 253 g/mol. The number of aromatic nitrogens is 2. The molecule has 0 saturated carbocycles. The molecule has 102 valence electrons. The van der Waals surface area contributed by atoms with E-state index in [-0.39, 0.29) is 0 Å². The van der Waals surface area contributed by atoms with Crippen molar-refractivity contribution < 1.29 is 9.26 Å². The second-order valence-corrected chi connectivity index (χ2v) is 4.91. The molecule has 0 amide bonds. The summed E-state index contributed by atoms with van der Waals surface area (Å²) in [6, 6.07) is 0. The summed E-state index contributed by atoms with van der Waals surface area (Å²) in [5.41, 5.74) is -0.399. The van der Waals surface area contributed by atoms with Gasteiger partial charge in [-0.1, -0.05) is 19.0 Å². The van der Waals surface area contributed by atoms with Gasteiger partial charge >= 0.3 is 0 Å². The monoisotopic (exact) mass is 253 g/mol. The molecule has 1 atom stereocenters. The molecule has 0 spiro atoms. The smallest absolute Gasteiger partial charge is 0.231 e. The molecule has 2 heterocycles. The standard InChI is InChI=1S/C13H23N3O2/c1-4-13(5-2,17-3)12-15-11(18-16-12)10-7-6-8-14-9-10/h10,14H,4-9H2,1-3H3. The first-order chi connectivity index (χ1) is 8.75. The van der Waals surface area contributed by atoms with E-state index in [1.54, 1.807) is 7.11 Å². The van der Waals surface area contributed by atoms with Crippen LogP contribution in [0.15, 0.2) is 4.52 Å². The number of piperidine rings is 1. The summed E-state index contributed by atoms with van der Waals surface area (Å²) in [5.74, 6) is 1.79. The molecular formula is C13H23N3O2. The van der Waals surface area contributed by atoms with Crippen LogP contribution in [0.1, 0.15) is 57.2 Å². The quantitative estimate of drug-likeness (QED) is 0.871. The summed E-state index contributed by atoms with van der Waals surface area (Å²) in [5, 5.41) is 7.50. The highest BCUT2D eigenvalue weighted by Gasteiger charge is 2.34. The maximum Gasteiger partial charge on any atom is 0.231 e. The molecule has 5 heteroatoms. The molecule has 2 rings (SSSR count). The van der Waals surface area contributed by atoms with Gasteiger partial charge in [-0.25, -0.2) is 0 Å². The molecule has 1 N–H and O–H groups in total. The first-order valence-electron chi connectivity index (χ1n) is 6.85. The molecule has 18 heavy (non-hydrogen) atoms. The van der Waals surface area contributed by atoms with Crippen LogP contribution in [-0.4, -0.2) is 30.3 Å². The summed E-state index contributed by atoms with van der Waals surface area (Å²) in [6.45, 7) is 6.19. The van der Waals surface area contributed by atoms with E-state index < -0.39 is 5.60 Å². The van der Waals surface area contributed by atoms with Crippen LogP contribution in [0.5, 0.6) is 0 Å².